The van der Waals surface area contributed by atoms with E-state index in [4.69, 9.17) is 9.47 Å². The van der Waals surface area contributed by atoms with E-state index in [-0.39, 0.29) is 22.7 Å². The number of nitrogens with one attached hydrogen (secondary N) is 1. The summed E-state index contributed by atoms with van der Waals surface area (Å²) in [6.07, 6.45) is 0. The average molecular weight is 355 g/mol. The van der Waals surface area contributed by atoms with Gasteiger partial charge in [0.2, 0.25) is 0 Å². The molecule has 25 heavy (non-hydrogen) atoms. The first kappa shape index (κ1) is 18.1. The fourth-order valence-electron chi connectivity index (χ4n) is 2.05. The highest BCUT2D eigenvalue weighted by Gasteiger charge is 2.22. The second-order valence-corrected chi connectivity index (χ2v) is 4.73. The lowest BCUT2D eigenvalue weighted by atomic mass is 10.1. The summed E-state index contributed by atoms with van der Waals surface area (Å²) in [5.74, 6) is -7.31. The maximum absolute atomic E-state index is 13.7. The van der Waals surface area contributed by atoms with Gasteiger partial charge in [0.15, 0.2) is 29.0 Å². The molecule has 132 valence electrons. The lowest BCUT2D eigenvalue weighted by Gasteiger charge is -2.14. The smallest absolute Gasteiger partial charge is 0.337 e. The Balaban J connectivity index is 2.47. The molecule has 2 N–H and O–H groups in total. The van der Waals surface area contributed by atoms with E-state index < -0.39 is 34.9 Å². The molecule has 1 amide bonds. The summed E-state index contributed by atoms with van der Waals surface area (Å²) in [6.45, 7) is 0. The predicted molar refractivity (Wildman–Crippen MR) is 80.8 cm³/mol. The molecule has 0 fully saturated rings. The van der Waals surface area contributed by atoms with Gasteiger partial charge in [0.05, 0.1) is 31.0 Å². The van der Waals surface area contributed by atoms with Crippen LogP contribution in [0, 0.1) is 17.5 Å². The molecule has 0 aliphatic rings. The molecule has 0 atom stereocenters. The summed E-state index contributed by atoms with van der Waals surface area (Å²) in [5, 5.41) is 11.4. The van der Waals surface area contributed by atoms with Crippen LogP contribution in [0.1, 0.15) is 20.7 Å². The minimum atomic E-state index is -1.81. The number of carboxylic acids is 1. The number of benzene rings is 2. The van der Waals surface area contributed by atoms with Crippen LogP contribution in [-0.4, -0.2) is 31.2 Å². The third-order valence-electron chi connectivity index (χ3n) is 3.28. The van der Waals surface area contributed by atoms with Gasteiger partial charge in [-0.3, -0.25) is 4.79 Å². The Bertz CT molecular complexity index is 854. The van der Waals surface area contributed by atoms with Crippen LogP contribution in [0.2, 0.25) is 0 Å². The fourth-order valence-corrected chi connectivity index (χ4v) is 2.05. The largest absolute Gasteiger partial charge is 0.493 e. The zero-order chi connectivity index (χ0) is 18.7. The molecule has 0 heterocycles. The third kappa shape index (κ3) is 3.49. The van der Waals surface area contributed by atoms with E-state index in [1.807, 2.05) is 0 Å². The predicted octanol–water partition coefficient (Wildman–Crippen LogP) is 3.07. The van der Waals surface area contributed by atoms with Crippen molar-refractivity contribution in [2.24, 2.45) is 0 Å². The first-order chi connectivity index (χ1) is 11.8. The van der Waals surface area contributed by atoms with E-state index in [2.05, 4.69) is 5.32 Å². The van der Waals surface area contributed by atoms with E-state index in [9.17, 15) is 27.9 Å². The SMILES string of the molecule is COc1cc(NC(=O)c2ccc(F)c(F)c2F)c(C(=O)O)cc1OC. The highest BCUT2D eigenvalue weighted by Crippen LogP contribution is 2.33. The van der Waals surface area contributed by atoms with Crippen LogP contribution in [0.4, 0.5) is 18.9 Å². The second-order valence-electron chi connectivity index (χ2n) is 4.73. The van der Waals surface area contributed by atoms with Crippen LogP contribution in [0.15, 0.2) is 24.3 Å². The zero-order valence-electron chi connectivity index (χ0n) is 13.0. The van der Waals surface area contributed by atoms with Gasteiger partial charge in [0, 0.05) is 12.1 Å². The van der Waals surface area contributed by atoms with Gasteiger partial charge in [-0.15, -0.1) is 0 Å². The number of carbonyl (C=O) groups excluding carboxylic acids is 1. The number of amides is 1. The lowest BCUT2D eigenvalue weighted by molar-refractivity contribution is 0.0697. The molecule has 0 unspecified atom stereocenters. The van der Waals surface area contributed by atoms with E-state index in [0.717, 1.165) is 18.2 Å². The first-order valence-electron chi connectivity index (χ1n) is 6.74. The number of hydrogen-bond acceptors (Lipinski definition) is 4. The van der Waals surface area contributed by atoms with Crippen LogP contribution in [0.3, 0.4) is 0 Å². The number of carbonyl (C=O) groups is 2. The molecule has 2 rings (SSSR count). The van der Waals surface area contributed by atoms with Crippen molar-refractivity contribution < 1.29 is 37.3 Å². The minimum absolute atomic E-state index is 0.0944. The average Bonchev–Trinajstić information content (AvgIpc) is 2.58. The quantitative estimate of drug-likeness (QED) is 0.805. The normalized spacial score (nSPS) is 10.3. The molecule has 0 saturated heterocycles. The molecule has 9 heteroatoms. The van der Waals surface area contributed by atoms with Crippen LogP contribution < -0.4 is 14.8 Å². The maximum atomic E-state index is 13.7. The Morgan fingerprint density at radius 3 is 2.12 bits per heavy atom. The molecular weight excluding hydrogens is 343 g/mol. The molecule has 0 spiro atoms. The number of aromatic carboxylic acids is 1. The van der Waals surface area contributed by atoms with Gasteiger partial charge in [-0.1, -0.05) is 0 Å². The maximum Gasteiger partial charge on any atom is 0.337 e. The van der Waals surface area contributed by atoms with Crippen molar-refractivity contribution in [1.82, 2.24) is 0 Å². The molecule has 0 saturated carbocycles. The van der Waals surface area contributed by atoms with Crippen LogP contribution in [0.5, 0.6) is 11.5 Å². The second kappa shape index (κ2) is 7.12. The molecule has 6 nitrogen and oxygen atoms in total. The Labute approximate surface area is 139 Å². The number of ether oxygens (including phenoxy) is 2. The Morgan fingerprint density at radius 1 is 0.960 bits per heavy atom. The zero-order valence-corrected chi connectivity index (χ0v) is 13.0. The fraction of sp³-hybridized carbons (Fsp3) is 0.125. The summed E-state index contributed by atoms with van der Waals surface area (Å²) in [4.78, 5) is 23.5. The molecule has 2 aromatic rings. The first-order valence-corrected chi connectivity index (χ1v) is 6.74. The third-order valence-corrected chi connectivity index (χ3v) is 3.28. The monoisotopic (exact) mass is 355 g/mol. The van der Waals surface area contributed by atoms with E-state index in [0.29, 0.717) is 6.07 Å². The van der Waals surface area contributed by atoms with Gasteiger partial charge in [-0.05, 0) is 12.1 Å². The van der Waals surface area contributed by atoms with Crippen molar-refractivity contribution in [3.8, 4) is 11.5 Å². The lowest BCUT2D eigenvalue weighted by Crippen LogP contribution is -2.17. The summed E-state index contributed by atoms with van der Waals surface area (Å²) >= 11 is 0. The van der Waals surface area contributed by atoms with Crippen LogP contribution in [-0.2, 0) is 0 Å². The number of halogens is 3. The van der Waals surface area contributed by atoms with Crippen LogP contribution in [0.25, 0.3) is 0 Å². The summed E-state index contributed by atoms with van der Waals surface area (Å²) in [7, 11) is 2.58. The Morgan fingerprint density at radius 2 is 1.56 bits per heavy atom. The van der Waals surface area contributed by atoms with Crippen molar-refractivity contribution in [3.05, 3.63) is 52.8 Å². The van der Waals surface area contributed by atoms with Gasteiger partial charge < -0.3 is 19.9 Å². The van der Waals surface area contributed by atoms with E-state index >= 15 is 0 Å². The van der Waals surface area contributed by atoms with Gasteiger partial charge in [0.1, 0.15) is 0 Å². The summed E-state index contributed by atoms with van der Waals surface area (Å²) in [6, 6.07) is 3.57. The van der Waals surface area contributed by atoms with Gasteiger partial charge in [-0.2, -0.15) is 0 Å². The van der Waals surface area contributed by atoms with Crippen molar-refractivity contribution in [2.45, 2.75) is 0 Å². The summed E-state index contributed by atoms with van der Waals surface area (Å²) < 4.78 is 49.9. The number of anilines is 1. The molecule has 0 bridgehead atoms. The molecule has 2 aromatic carbocycles. The van der Waals surface area contributed by atoms with E-state index in [1.165, 1.54) is 14.2 Å². The van der Waals surface area contributed by atoms with Crippen molar-refractivity contribution in [2.75, 3.05) is 19.5 Å². The Hall–Kier alpha value is -3.23. The number of carboxylic acid groups (broad SMARTS) is 1. The highest BCUT2D eigenvalue weighted by atomic mass is 19.2. The summed E-state index contributed by atoms with van der Waals surface area (Å²) in [5.41, 5.74) is -1.39. The van der Waals surface area contributed by atoms with Crippen LogP contribution >= 0.6 is 0 Å². The topological polar surface area (TPSA) is 84.9 Å². The van der Waals surface area contributed by atoms with Crippen molar-refractivity contribution in [3.63, 3.8) is 0 Å². The number of hydrogen-bond donors (Lipinski definition) is 2. The number of rotatable bonds is 5. The van der Waals surface area contributed by atoms with Gasteiger partial charge in [0.25, 0.3) is 5.91 Å². The van der Waals surface area contributed by atoms with Crippen molar-refractivity contribution in [1.29, 1.82) is 0 Å². The molecular formula is C16H12F3NO5. The molecule has 0 aliphatic carbocycles. The van der Waals surface area contributed by atoms with Gasteiger partial charge >= 0.3 is 5.97 Å². The molecule has 0 radical (unpaired) electrons. The standard InChI is InChI=1S/C16H12F3NO5/c1-24-11-5-8(16(22)23)10(6-12(11)25-2)20-15(21)7-3-4-9(17)14(19)13(7)18/h3-6H,1-2H3,(H,20,21)(H,22,23). The molecule has 0 aromatic heterocycles. The van der Waals surface area contributed by atoms with E-state index in [1.54, 1.807) is 0 Å². The Kier molecular flexibility index (Phi) is 5.16. The van der Waals surface area contributed by atoms with Gasteiger partial charge in [-0.25, -0.2) is 18.0 Å². The number of methoxy groups -OCH3 is 2. The molecule has 0 aliphatic heterocycles. The highest BCUT2D eigenvalue weighted by molar-refractivity contribution is 6.08. The minimum Gasteiger partial charge on any atom is -0.493 e. The van der Waals surface area contributed by atoms with Crippen molar-refractivity contribution >= 4 is 17.6 Å².